The van der Waals surface area contributed by atoms with Gasteiger partial charge in [-0.15, -0.1) is 0 Å². The molecule has 0 saturated carbocycles. The van der Waals surface area contributed by atoms with Crippen molar-refractivity contribution in [3.05, 3.63) is 60.3 Å². The lowest BCUT2D eigenvalue weighted by atomic mass is 10.1. The summed E-state index contributed by atoms with van der Waals surface area (Å²) in [7, 11) is 0. The van der Waals surface area contributed by atoms with Gasteiger partial charge in [0.25, 0.3) is 0 Å². The zero-order valence-electron chi connectivity index (χ0n) is 19.5. The number of amides is 2. The van der Waals surface area contributed by atoms with Crippen LogP contribution in [0.15, 0.2) is 54.7 Å². The first-order valence-electron chi connectivity index (χ1n) is 11.6. The number of aliphatic hydroxyl groups is 2. The highest BCUT2D eigenvalue weighted by Crippen LogP contribution is 2.41. The SMILES string of the molecule is O=C(Nc1ccnc(OC[C@@H](O)CO)c1)N1c2nc(-c3cccc(C(F)(F)F)c3)ccc2N2CCC1C2. The van der Waals surface area contributed by atoms with Gasteiger partial charge in [-0.1, -0.05) is 12.1 Å². The van der Waals surface area contributed by atoms with Gasteiger partial charge in [0.1, 0.15) is 12.7 Å². The van der Waals surface area contributed by atoms with Crippen LogP contribution in [0.3, 0.4) is 0 Å². The fourth-order valence-corrected chi connectivity index (χ4v) is 4.47. The Kier molecular flexibility index (Phi) is 6.61. The molecule has 3 N–H and O–H groups in total. The summed E-state index contributed by atoms with van der Waals surface area (Å²) in [5.74, 6) is 0.527. The van der Waals surface area contributed by atoms with Crippen molar-refractivity contribution in [1.29, 1.82) is 0 Å². The number of fused-ring (bicyclic) bond motifs is 4. The van der Waals surface area contributed by atoms with E-state index in [4.69, 9.17) is 9.84 Å². The highest BCUT2D eigenvalue weighted by atomic mass is 19.4. The second-order valence-electron chi connectivity index (χ2n) is 8.84. The zero-order valence-corrected chi connectivity index (χ0v) is 19.5. The minimum atomic E-state index is -4.48. The lowest BCUT2D eigenvalue weighted by Gasteiger charge is -2.36. The van der Waals surface area contributed by atoms with E-state index in [1.807, 2.05) is 0 Å². The molecule has 5 rings (SSSR count). The zero-order chi connectivity index (χ0) is 26.2. The second-order valence-corrected chi connectivity index (χ2v) is 8.84. The van der Waals surface area contributed by atoms with E-state index in [2.05, 4.69) is 20.2 Å². The monoisotopic (exact) mass is 515 g/mol. The molecule has 2 aliphatic rings. The van der Waals surface area contributed by atoms with E-state index in [1.54, 1.807) is 29.2 Å². The number of nitrogens with zero attached hydrogens (tertiary/aromatic N) is 4. The minimum Gasteiger partial charge on any atom is -0.475 e. The number of hydrogen-bond donors (Lipinski definition) is 3. The van der Waals surface area contributed by atoms with Crippen molar-refractivity contribution in [1.82, 2.24) is 9.97 Å². The van der Waals surface area contributed by atoms with Crippen molar-refractivity contribution in [2.75, 3.05) is 41.4 Å². The Hall–Kier alpha value is -3.90. The van der Waals surface area contributed by atoms with Gasteiger partial charge < -0.3 is 25.2 Å². The molecule has 2 amide bonds. The topological polar surface area (TPSA) is 111 Å². The maximum absolute atomic E-state index is 13.4. The van der Waals surface area contributed by atoms with Gasteiger partial charge in [0.15, 0.2) is 5.82 Å². The van der Waals surface area contributed by atoms with Gasteiger partial charge in [-0.05, 0) is 36.8 Å². The number of benzene rings is 1. The predicted molar refractivity (Wildman–Crippen MR) is 130 cm³/mol. The number of hydrogen-bond acceptors (Lipinski definition) is 7. The van der Waals surface area contributed by atoms with Crippen LogP contribution in [0.5, 0.6) is 5.88 Å². The average molecular weight is 515 g/mol. The lowest BCUT2D eigenvalue weighted by Crippen LogP contribution is -2.48. The molecule has 0 spiro atoms. The summed E-state index contributed by atoms with van der Waals surface area (Å²) >= 11 is 0. The third-order valence-electron chi connectivity index (χ3n) is 6.28. The molecular formula is C25H24F3N5O4. The van der Waals surface area contributed by atoms with Crippen molar-refractivity contribution in [2.45, 2.75) is 24.7 Å². The number of urea groups is 1. The van der Waals surface area contributed by atoms with E-state index in [0.717, 1.165) is 24.4 Å². The third-order valence-corrected chi connectivity index (χ3v) is 6.28. The summed E-state index contributed by atoms with van der Waals surface area (Å²) in [6.45, 7) is 0.723. The summed E-state index contributed by atoms with van der Waals surface area (Å²) in [4.78, 5) is 25.8. The average Bonchev–Trinajstić information content (AvgIpc) is 3.31. The molecule has 2 atom stereocenters. The number of aromatic nitrogens is 2. The number of ether oxygens (including phenoxy) is 1. The molecule has 1 saturated heterocycles. The summed E-state index contributed by atoms with van der Waals surface area (Å²) in [5.41, 5.74) is 0.977. The summed E-state index contributed by atoms with van der Waals surface area (Å²) < 4.78 is 45.1. The molecule has 1 fully saturated rings. The first-order chi connectivity index (χ1) is 17.7. The van der Waals surface area contributed by atoms with Crippen LogP contribution in [0.1, 0.15) is 12.0 Å². The van der Waals surface area contributed by atoms with Crippen LogP contribution in [-0.2, 0) is 6.18 Å². The third kappa shape index (κ3) is 5.16. The number of pyridine rings is 2. The second kappa shape index (κ2) is 9.87. The predicted octanol–water partition coefficient (Wildman–Crippen LogP) is 3.53. The van der Waals surface area contributed by atoms with E-state index < -0.39 is 30.5 Å². The number of nitrogens with one attached hydrogen (secondary N) is 1. The number of alkyl halides is 3. The van der Waals surface area contributed by atoms with Gasteiger partial charge in [0.2, 0.25) is 5.88 Å². The van der Waals surface area contributed by atoms with Gasteiger partial charge in [0, 0.05) is 36.6 Å². The van der Waals surface area contributed by atoms with Crippen LogP contribution in [0.2, 0.25) is 0 Å². The molecule has 3 aromatic rings. The van der Waals surface area contributed by atoms with Crippen molar-refractivity contribution in [2.24, 2.45) is 0 Å². The molecule has 1 unspecified atom stereocenters. The molecule has 1 aromatic carbocycles. The molecular weight excluding hydrogens is 491 g/mol. The van der Waals surface area contributed by atoms with E-state index in [1.165, 1.54) is 18.3 Å². The molecule has 12 heteroatoms. The summed E-state index contributed by atoms with van der Waals surface area (Å²) in [6, 6.07) is 10.8. The molecule has 9 nitrogen and oxygen atoms in total. The number of aliphatic hydroxyl groups excluding tert-OH is 2. The maximum Gasteiger partial charge on any atom is 0.416 e. The Balaban J connectivity index is 1.42. The first-order valence-corrected chi connectivity index (χ1v) is 11.6. The van der Waals surface area contributed by atoms with E-state index >= 15 is 0 Å². The molecule has 2 bridgehead atoms. The van der Waals surface area contributed by atoms with Crippen LogP contribution in [0, 0.1) is 0 Å². The van der Waals surface area contributed by atoms with Crippen molar-refractivity contribution in [3.63, 3.8) is 0 Å². The van der Waals surface area contributed by atoms with Crippen molar-refractivity contribution < 1.29 is 32.9 Å². The summed E-state index contributed by atoms with van der Waals surface area (Å²) in [5, 5.41) is 21.2. The number of carbonyl (C=O) groups excluding carboxylic acids is 1. The van der Waals surface area contributed by atoms with Crippen molar-refractivity contribution >= 4 is 23.2 Å². The molecule has 2 aliphatic heterocycles. The largest absolute Gasteiger partial charge is 0.475 e. The van der Waals surface area contributed by atoms with Crippen LogP contribution < -0.4 is 19.9 Å². The molecule has 2 aromatic heterocycles. The molecule has 194 valence electrons. The number of anilines is 3. The molecule has 0 aliphatic carbocycles. The van der Waals surface area contributed by atoms with Gasteiger partial charge >= 0.3 is 12.2 Å². The standard InChI is InChI=1S/C25H24F3N5O4/c26-25(27,28)16-3-1-2-15(10-16)20-4-5-21-23(31-20)33(18-7-9-32(21)12-18)24(36)30-17-6-8-29-22(11-17)37-14-19(35)13-34/h1-6,8,10-11,18-19,34-35H,7,9,12-14H2,(H,29,30,36)/t18?,19-/m0/s1. The van der Waals surface area contributed by atoms with Gasteiger partial charge in [-0.2, -0.15) is 13.2 Å². The van der Waals surface area contributed by atoms with Gasteiger partial charge in [0.05, 0.1) is 29.6 Å². The van der Waals surface area contributed by atoms with E-state index in [-0.39, 0.29) is 18.5 Å². The van der Waals surface area contributed by atoms with E-state index in [9.17, 15) is 23.1 Å². The maximum atomic E-state index is 13.4. The van der Waals surface area contributed by atoms with Crippen LogP contribution in [0.25, 0.3) is 11.3 Å². The quantitative estimate of drug-likeness (QED) is 0.461. The molecule has 4 heterocycles. The minimum absolute atomic E-state index is 0.154. The fraction of sp³-hybridized carbons (Fsp3) is 0.320. The number of carbonyl (C=O) groups is 1. The number of halogens is 3. The Morgan fingerprint density at radius 1 is 1.22 bits per heavy atom. The Bertz CT molecular complexity index is 1310. The van der Waals surface area contributed by atoms with E-state index in [0.29, 0.717) is 35.7 Å². The van der Waals surface area contributed by atoms with Gasteiger partial charge in [-0.25, -0.2) is 14.8 Å². The Morgan fingerprint density at radius 2 is 2.05 bits per heavy atom. The lowest BCUT2D eigenvalue weighted by molar-refractivity contribution is -0.137. The van der Waals surface area contributed by atoms with Crippen LogP contribution >= 0.6 is 0 Å². The highest BCUT2D eigenvalue weighted by Gasteiger charge is 2.40. The Labute approximate surface area is 210 Å². The Morgan fingerprint density at radius 3 is 2.84 bits per heavy atom. The normalized spacial score (nSPS) is 17.4. The highest BCUT2D eigenvalue weighted by molar-refractivity contribution is 6.04. The first kappa shape index (κ1) is 24.8. The van der Waals surface area contributed by atoms with Crippen LogP contribution in [-0.4, -0.2) is 64.7 Å². The van der Waals surface area contributed by atoms with Gasteiger partial charge in [-0.3, -0.25) is 4.90 Å². The smallest absolute Gasteiger partial charge is 0.416 e. The molecule has 37 heavy (non-hydrogen) atoms. The van der Waals surface area contributed by atoms with Crippen LogP contribution in [0.4, 0.5) is 35.2 Å². The number of rotatable bonds is 6. The van der Waals surface area contributed by atoms with Crippen molar-refractivity contribution in [3.8, 4) is 17.1 Å². The fourth-order valence-electron chi connectivity index (χ4n) is 4.47. The molecule has 0 radical (unpaired) electrons. The summed E-state index contributed by atoms with van der Waals surface area (Å²) in [6.07, 6.45) is -3.40.